The van der Waals surface area contributed by atoms with Crippen LogP contribution in [0.3, 0.4) is 0 Å². The van der Waals surface area contributed by atoms with Crippen LogP contribution in [0.4, 0.5) is 11.4 Å². The Hall–Kier alpha value is -8.79. The molecule has 3 heteroatoms. The molecule has 0 spiro atoms. The monoisotopic (exact) mass is 870 g/mol. The second kappa shape index (κ2) is 17.9. The van der Waals surface area contributed by atoms with Gasteiger partial charge in [0.1, 0.15) is 5.52 Å². The summed E-state index contributed by atoms with van der Waals surface area (Å²) in [7, 11) is 0. The lowest BCUT2D eigenvalue weighted by molar-refractivity contribution is 0.620. The number of allylic oxidation sites excluding steroid dienone is 3. The van der Waals surface area contributed by atoms with Crippen molar-refractivity contribution in [3.63, 3.8) is 0 Å². The van der Waals surface area contributed by atoms with E-state index < -0.39 is 0 Å². The molecule has 0 saturated carbocycles. The summed E-state index contributed by atoms with van der Waals surface area (Å²) in [5.41, 5.74) is 20.3. The van der Waals surface area contributed by atoms with E-state index in [0.29, 0.717) is 5.89 Å². The van der Waals surface area contributed by atoms with Gasteiger partial charge in [-0.3, -0.25) is 0 Å². The average molecular weight is 871 g/mol. The summed E-state index contributed by atoms with van der Waals surface area (Å²) >= 11 is 0. The van der Waals surface area contributed by atoms with Crippen LogP contribution in [-0.2, 0) is 0 Å². The molecule has 0 atom stereocenters. The SMILES string of the molecule is C1=C(c2ccc(-c3ccccc3)cc2)CCC=C1N(c1ccc(-c2ccccc2)cc1)c1ccc(-c2cccc3c2ccc2oc(-c4ccc(-c5ccccc5)cc4)nc23)c(-c2ccccc2)c1. The van der Waals surface area contributed by atoms with Gasteiger partial charge in [0.2, 0.25) is 5.89 Å². The molecule has 1 heterocycles. The van der Waals surface area contributed by atoms with Crippen LogP contribution in [0.25, 0.3) is 94.5 Å². The third kappa shape index (κ3) is 7.91. The molecule has 322 valence electrons. The van der Waals surface area contributed by atoms with E-state index in [1.165, 1.54) is 39.0 Å². The summed E-state index contributed by atoms with van der Waals surface area (Å²) in [6, 6.07) is 86.7. The summed E-state index contributed by atoms with van der Waals surface area (Å²) < 4.78 is 6.45. The summed E-state index contributed by atoms with van der Waals surface area (Å²) in [6.45, 7) is 0. The van der Waals surface area contributed by atoms with Crippen LogP contribution < -0.4 is 4.90 Å². The molecular formula is C65H46N2O. The lowest BCUT2D eigenvalue weighted by Gasteiger charge is -2.30. The molecule has 0 aliphatic heterocycles. The Morgan fingerprint density at radius 1 is 0.368 bits per heavy atom. The van der Waals surface area contributed by atoms with Crippen molar-refractivity contribution in [3.05, 3.63) is 266 Å². The highest BCUT2D eigenvalue weighted by molar-refractivity contribution is 6.11. The maximum Gasteiger partial charge on any atom is 0.227 e. The molecule has 3 nitrogen and oxygen atoms in total. The Kier molecular flexibility index (Phi) is 10.7. The largest absolute Gasteiger partial charge is 0.436 e. The van der Waals surface area contributed by atoms with E-state index in [2.05, 4.69) is 254 Å². The van der Waals surface area contributed by atoms with Gasteiger partial charge in [0.15, 0.2) is 5.58 Å². The van der Waals surface area contributed by atoms with Crippen LogP contribution in [-0.4, -0.2) is 4.98 Å². The minimum absolute atomic E-state index is 0.613. The van der Waals surface area contributed by atoms with Crippen LogP contribution in [0.15, 0.2) is 265 Å². The second-order valence-corrected chi connectivity index (χ2v) is 17.4. The van der Waals surface area contributed by atoms with E-state index in [4.69, 9.17) is 9.40 Å². The van der Waals surface area contributed by atoms with Gasteiger partial charge in [0.25, 0.3) is 0 Å². The van der Waals surface area contributed by atoms with E-state index in [0.717, 1.165) is 85.2 Å². The highest BCUT2D eigenvalue weighted by atomic mass is 16.3. The van der Waals surface area contributed by atoms with Crippen LogP contribution >= 0.6 is 0 Å². The molecule has 1 aromatic heterocycles. The number of aromatic nitrogens is 1. The number of anilines is 2. The number of hydrogen-bond donors (Lipinski definition) is 0. The molecule has 0 unspecified atom stereocenters. The zero-order valence-electron chi connectivity index (χ0n) is 37.5. The fourth-order valence-electron chi connectivity index (χ4n) is 9.76. The van der Waals surface area contributed by atoms with Gasteiger partial charge in [-0.25, -0.2) is 4.98 Å². The molecule has 11 aromatic rings. The Bertz CT molecular complexity index is 3610. The number of fused-ring (bicyclic) bond motifs is 3. The molecule has 0 amide bonds. The van der Waals surface area contributed by atoms with Crippen LogP contribution in [0.2, 0.25) is 0 Å². The van der Waals surface area contributed by atoms with E-state index in [1.807, 2.05) is 6.07 Å². The maximum atomic E-state index is 6.45. The molecule has 0 N–H and O–H groups in total. The first-order valence-electron chi connectivity index (χ1n) is 23.4. The van der Waals surface area contributed by atoms with E-state index in [1.54, 1.807) is 0 Å². The third-order valence-electron chi connectivity index (χ3n) is 13.2. The van der Waals surface area contributed by atoms with Crippen molar-refractivity contribution in [2.24, 2.45) is 0 Å². The van der Waals surface area contributed by atoms with Crippen molar-refractivity contribution in [2.45, 2.75) is 12.8 Å². The van der Waals surface area contributed by atoms with Crippen molar-refractivity contribution in [2.75, 3.05) is 4.90 Å². The number of rotatable bonds is 10. The first-order valence-corrected chi connectivity index (χ1v) is 23.4. The van der Waals surface area contributed by atoms with Gasteiger partial charge in [-0.05, 0) is 140 Å². The highest BCUT2D eigenvalue weighted by Gasteiger charge is 2.22. The lowest BCUT2D eigenvalue weighted by Crippen LogP contribution is -2.17. The summed E-state index contributed by atoms with van der Waals surface area (Å²) in [5.74, 6) is 0.613. The smallest absolute Gasteiger partial charge is 0.227 e. The highest BCUT2D eigenvalue weighted by Crippen LogP contribution is 2.44. The van der Waals surface area contributed by atoms with Gasteiger partial charge in [-0.15, -0.1) is 0 Å². The molecule has 1 aliphatic rings. The topological polar surface area (TPSA) is 29.3 Å². The van der Waals surface area contributed by atoms with Crippen LogP contribution in [0, 0.1) is 0 Å². The Morgan fingerprint density at radius 3 is 1.49 bits per heavy atom. The van der Waals surface area contributed by atoms with Crippen LogP contribution in [0.1, 0.15) is 18.4 Å². The molecule has 68 heavy (non-hydrogen) atoms. The summed E-state index contributed by atoms with van der Waals surface area (Å²) in [6.07, 6.45) is 6.70. The normalized spacial score (nSPS) is 12.5. The van der Waals surface area contributed by atoms with E-state index >= 15 is 0 Å². The Balaban J connectivity index is 0.956. The van der Waals surface area contributed by atoms with Gasteiger partial charge in [-0.1, -0.05) is 200 Å². The standard InChI is InChI=1S/C65H46N2O/c1-5-15-45(16-6-1)48-27-29-51(30-28-48)54-23-13-24-56(43-54)67(55-37-35-50(36-38-55)47-19-9-3-10-20-47)57-39-40-60(62(44-57)52-21-11-4-12-22-52)58-25-14-26-61-59(58)41-42-63-64(61)66-65(68-63)53-33-31-49(32-34-53)46-17-7-2-8-18-46/h1-12,14-22,24-44H,13,23H2. The average Bonchev–Trinajstić information content (AvgIpc) is 3.88. The van der Waals surface area contributed by atoms with Crippen molar-refractivity contribution < 1.29 is 4.42 Å². The van der Waals surface area contributed by atoms with Crippen molar-refractivity contribution in [3.8, 4) is 67.1 Å². The summed E-state index contributed by atoms with van der Waals surface area (Å²) in [4.78, 5) is 7.57. The Labute approximate surface area is 397 Å². The molecule has 10 aromatic carbocycles. The fourth-order valence-corrected chi connectivity index (χ4v) is 9.76. The van der Waals surface area contributed by atoms with Gasteiger partial charge >= 0.3 is 0 Å². The van der Waals surface area contributed by atoms with Crippen molar-refractivity contribution in [1.29, 1.82) is 0 Å². The molecule has 12 rings (SSSR count). The molecule has 0 fully saturated rings. The van der Waals surface area contributed by atoms with E-state index in [-0.39, 0.29) is 0 Å². The van der Waals surface area contributed by atoms with Gasteiger partial charge in [-0.2, -0.15) is 0 Å². The van der Waals surface area contributed by atoms with Crippen LogP contribution in [0.5, 0.6) is 0 Å². The minimum Gasteiger partial charge on any atom is -0.436 e. The number of hydrogen-bond acceptors (Lipinski definition) is 3. The lowest BCUT2D eigenvalue weighted by atomic mass is 9.90. The maximum absolute atomic E-state index is 6.45. The van der Waals surface area contributed by atoms with Gasteiger partial charge in [0.05, 0.1) is 0 Å². The molecule has 0 radical (unpaired) electrons. The fraction of sp³-hybridized carbons (Fsp3) is 0.0308. The minimum atomic E-state index is 0.613. The zero-order chi connectivity index (χ0) is 45.2. The number of oxazole rings is 1. The quantitative estimate of drug-likeness (QED) is 0.137. The zero-order valence-corrected chi connectivity index (χ0v) is 37.5. The first kappa shape index (κ1) is 40.7. The second-order valence-electron chi connectivity index (χ2n) is 17.4. The molecule has 1 aliphatic carbocycles. The third-order valence-corrected chi connectivity index (χ3v) is 13.2. The molecule has 0 bridgehead atoms. The molecule has 0 saturated heterocycles. The molecular weight excluding hydrogens is 825 g/mol. The summed E-state index contributed by atoms with van der Waals surface area (Å²) in [5, 5.41) is 2.18. The van der Waals surface area contributed by atoms with Gasteiger partial charge in [0, 0.05) is 28.0 Å². The van der Waals surface area contributed by atoms with Crippen molar-refractivity contribution in [1.82, 2.24) is 4.98 Å². The predicted molar refractivity (Wildman–Crippen MR) is 284 cm³/mol. The first-order chi connectivity index (χ1) is 33.7. The predicted octanol–water partition coefficient (Wildman–Crippen LogP) is 17.9. The Morgan fingerprint density at radius 2 is 0.882 bits per heavy atom. The van der Waals surface area contributed by atoms with Crippen molar-refractivity contribution >= 4 is 38.8 Å². The number of benzene rings is 10. The van der Waals surface area contributed by atoms with E-state index in [9.17, 15) is 0 Å². The number of nitrogens with zero attached hydrogens (tertiary/aromatic N) is 2. The van der Waals surface area contributed by atoms with Gasteiger partial charge < -0.3 is 9.32 Å².